The highest BCUT2D eigenvalue weighted by molar-refractivity contribution is 5.69. The van der Waals surface area contributed by atoms with Gasteiger partial charge in [-0.15, -0.1) is 0 Å². The van der Waals surface area contributed by atoms with E-state index in [0.29, 0.717) is 13.0 Å². The second-order valence-corrected chi connectivity index (χ2v) is 5.81. The standard InChI is InChI=1S/C12H23NO4/c1-11(2,3)17-10(15)13-7-9(16-5)6-12(13,4)8-14/h9,14H,6-8H2,1-5H3/t9-,12+/m0/s1. The minimum Gasteiger partial charge on any atom is -0.444 e. The Kier molecular flexibility index (Phi) is 4.04. The van der Waals surface area contributed by atoms with Crippen molar-refractivity contribution in [2.24, 2.45) is 0 Å². The number of carbonyl (C=O) groups is 1. The van der Waals surface area contributed by atoms with Gasteiger partial charge in [0.05, 0.1) is 24.8 Å². The fraction of sp³-hybridized carbons (Fsp3) is 0.917. The number of hydrogen-bond acceptors (Lipinski definition) is 4. The molecule has 0 aromatic rings. The summed E-state index contributed by atoms with van der Waals surface area (Å²) in [6.45, 7) is 7.69. The maximum atomic E-state index is 12.0. The van der Waals surface area contributed by atoms with E-state index in [1.807, 2.05) is 27.7 Å². The molecule has 0 aromatic carbocycles. The summed E-state index contributed by atoms with van der Waals surface area (Å²) in [6, 6.07) is 0. The normalized spacial score (nSPS) is 29.5. The van der Waals surface area contributed by atoms with Crippen LogP contribution in [0, 0.1) is 0 Å². The first-order valence-corrected chi connectivity index (χ1v) is 5.86. The average molecular weight is 245 g/mol. The van der Waals surface area contributed by atoms with Crippen LogP contribution in [-0.4, -0.2) is 53.6 Å². The van der Waals surface area contributed by atoms with Crippen LogP contribution in [-0.2, 0) is 9.47 Å². The molecule has 1 fully saturated rings. The highest BCUT2D eigenvalue weighted by Gasteiger charge is 2.46. The lowest BCUT2D eigenvalue weighted by atomic mass is 10.00. The van der Waals surface area contributed by atoms with Gasteiger partial charge in [0.1, 0.15) is 5.60 Å². The van der Waals surface area contributed by atoms with Crippen LogP contribution in [0.1, 0.15) is 34.1 Å². The molecule has 1 N–H and O–H groups in total. The second kappa shape index (κ2) is 4.82. The Morgan fingerprint density at radius 1 is 1.53 bits per heavy atom. The monoisotopic (exact) mass is 245 g/mol. The number of aliphatic hydroxyl groups excluding tert-OH is 1. The predicted octanol–water partition coefficient (Wildman–Crippen LogP) is 1.39. The van der Waals surface area contributed by atoms with E-state index in [4.69, 9.17) is 9.47 Å². The smallest absolute Gasteiger partial charge is 0.410 e. The van der Waals surface area contributed by atoms with Crippen molar-refractivity contribution in [3.8, 4) is 0 Å². The molecule has 1 aliphatic rings. The Labute approximate surface area is 103 Å². The van der Waals surface area contributed by atoms with Crippen LogP contribution in [0.4, 0.5) is 4.79 Å². The first kappa shape index (κ1) is 14.3. The molecule has 5 nitrogen and oxygen atoms in total. The van der Waals surface area contributed by atoms with Crippen molar-refractivity contribution in [3.05, 3.63) is 0 Å². The molecule has 0 saturated carbocycles. The summed E-state index contributed by atoms with van der Waals surface area (Å²) in [5.41, 5.74) is -1.12. The van der Waals surface area contributed by atoms with Crippen LogP contribution in [0.5, 0.6) is 0 Å². The molecule has 1 heterocycles. The van der Waals surface area contributed by atoms with Crippen molar-refractivity contribution >= 4 is 6.09 Å². The number of carbonyl (C=O) groups excluding carboxylic acids is 1. The van der Waals surface area contributed by atoms with Gasteiger partial charge in [-0.3, -0.25) is 4.90 Å². The molecule has 1 aliphatic heterocycles. The zero-order chi connectivity index (χ0) is 13.3. The number of hydrogen-bond donors (Lipinski definition) is 1. The van der Waals surface area contributed by atoms with E-state index in [2.05, 4.69) is 0 Å². The number of aliphatic hydroxyl groups is 1. The van der Waals surface area contributed by atoms with Gasteiger partial charge in [-0.25, -0.2) is 4.79 Å². The van der Waals surface area contributed by atoms with E-state index in [1.54, 1.807) is 12.0 Å². The van der Waals surface area contributed by atoms with Gasteiger partial charge in [0.15, 0.2) is 0 Å². The van der Waals surface area contributed by atoms with Gasteiger partial charge < -0.3 is 14.6 Å². The summed E-state index contributed by atoms with van der Waals surface area (Å²) in [4.78, 5) is 13.6. The van der Waals surface area contributed by atoms with Crippen LogP contribution in [0.15, 0.2) is 0 Å². The van der Waals surface area contributed by atoms with Crippen LogP contribution in [0.25, 0.3) is 0 Å². The van der Waals surface area contributed by atoms with Gasteiger partial charge in [-0.1, -0.05) is 0 Å². The fourth-order valence-electron chi connectivity index (χ4n) is 2.01. The van der Waals surface area contributed by atoms with E-state index < -0.39 is 17.2 Å². The van der Waals surface area contributed by atoms with Crippen molar-refractivity contribution in [2.45, 2.75) is 51.4 Å². The maximum Gasteiger partial charge on any atom is 0.410 e. The zero-order valence-electron chi connectivity index (χ0n) is 11.3. The number of ether oxygens (including phenoxy) is 2. The van der Waals surface area contributed by atoms with Crippen molar-refractivity contribution in [3.63, 3.8) is 0 Å². The zero-order valence-corrected chi connectivity index (χ0v) is 11.3. The highest BCUT2D eigenvalue weighted by atomic mass is 16.6. The minimum absolute atomic E-state index is 0.0420. The third kappa shape index (κ3) is 3.33. The van der Waals surface area contributed by atoms with E-state index in [-0.39, 0.29) is 12.7 Å². The fourth-order valence-corrected chi connectivity index (χ4v) is 2.01. The van der Waals surface area contributed by atoms with Crippen molar-refractivity contribution in [2.75, 3.05) is 20.3 Å². The molecule has 100 valence electrons. The van der Waals surface area contributed by atoms with Gasteiger partial charge >= 0.3 is 6.09 Å². The summed E-state index contributed by atoms with van der Waals surface area (Å²) < 4.78 is 10.6. The Morgan fingerprint density at radius 2 is 2.12 bits per heavy atom. The van der Waals surface area contributed by atoms with Crippen LogP contribution < -0.4 is 0 Å². The molecule has 1 rings (SSSR count). The molecule has 0 spiro atoms. The lowest BCUT2D eigenvalue weighted by Crippen LogP contribution is -2.49. The van der Waals surface area contributed by atoms with Gasteiger partial charge in [0.25, 0.3) is 0 Å². The molecule has 0 aliphatic carbocycles. The Morgan fingerprint density at radius 3 is 2.53 bits per heavy atom. The summed E-state index contributed by atoms with van der Waals surface area (Å²) in [7, 11) is 1.61. The molecule has 0 radical (unpaired) electrons. The molecule has 0 unspecified atom stereocenters. The topological polar surface area (TPSA) is 59.0 Å². The third-order valence-electron chi connectivity index (χ3n) is 2.99. The number of methoxy groups -OCH3 is 1. The van der Waals surface area contributed by atoms with E-state index in [1.165, 1.54) is 0 Å². The summed E-state index contributed by atoms with van der Waals surface area (Å²) in [5, 5.41) is 9.45. The van der Waals surface area contributed by atoms with Crippen molar-refractivity contribution in [1.82, 2.24) is 4.90 Å². The van der Waals surface area contributed by atoms with Gasteiger partial charge in [0.2, 0.25) is 0 Å². The number of amides is 1. The Hall–Kier alpha value is -0.810. The quantitative estimate of drug-likeness (QED) is 0.798. The van der Waals surface area contributed by atoms with Gasteiger partial charge in [-0.05, 0) is 27.7 Å². The largest absolute Gasteiger partial charge is 0.444 e. The number of nitrogens with zero attached hydrogens (tertiary/aromatic N) is 1. The third-order valence-corrected chi connectivity index (χ3v) is 2.99. The minimum atomic E-state index is -0.594. The SMILES string of the molecule is CO[C@@H]1CN(C(=O)OC(C)(C)C)[C@@](C)(CO)C1. The van der Waals surface area contributed by atoms with Crippen LogP contribution in [0.3, 0.4) is 0 Å². The van der Waals surface area contributed by atoms with E-state index >= 15 is 0 Å². The van der Waals surface area contributed by atoms with Gasteiger partial charge in [0, 0.05) is 13.5 Å². The van der Waals surface area contributed by atoms with E-state index in [0.717, 1.165) is 0 Å². The first-order chi connectivity index (χ1) is 7.72. The first-order valence-electron chi connectivity index (χ1n) is 5.86. The molecule has 0 bridgehead atoms. The Balaban J connectivity index is 2.77. The van der Waals surface area contributed by atoms with Crippen molar-refractivity contribution in [1.29, 1.82) is 0 Å². The van der Waals surface area contributed by atoms with Crippen LogP contribution >= 0.6 is 0 Å². The molecule has 2 atom stereocenters. The maximum absolute atomic E-state index is 12.0. The molecular formula is C12H23NO4. The lowest BCUT2D eigenvalue weighted by molar-refractivity contribution is -0.000578. The van der Waals surface area contributed by atoms with Gasteiger partial charge in [-0.2, -0.15) is 0 Å². The summed E-state index contributed by atoms with van der Waals surface area (Å²) in [5.74, 6) is 0. The highest BCUT2D eigenvalue weighted by Crippen LogP contribution is 2.31. The second-order valence-electron chi connectivity index (χ2n) is 5.81. The summed E-state index contributed by atoms with van der Waals surface area (Å²) in [6.07, 6.45) is 0.187. The van der Waals surface area contributed by atoms with Crippen LogP contribution in [0.2, 0.25) is 0 Å². The van der Waals surface area contributed by atoms with E-state index in [9.17, 15) is 9.90 Å². The molecule has 5 heteroatoms. The molecule has 17 heavy (non-hydrogen) atoms. The molecular weight excluding hydrogens is 222 g/mol. The van der Waals surface area contributed by atoms with Crippen molar-refractivity contribution < 1.29 is 19.4 Å². The number of likely N-dealkylation sites (tertiary alicyclic amines) is 1. The number of rotatable bonds is 2. The predicted molar refractivity (Wildman–Crippen MR) is 63.8 cm³/mol. The molecule has 1 saturated heterocycles. The lowest BCUT2D eigenvalue weighted by Gasteiger charge is -2.34. The molecule has 0 aromatic heterocycles. The Bertz CT molecular complexity index is 287. The summed E-state index contributed by atoms with van der Waals surface area (Å²) >= 11 is 0. The average Bonchev–Trinajstić information content (AvgIpc) is 2.54. The molecule has 1 amide bonds.